The third-order valence-electron chi connectivity index (χ3n) is 3.31. The molecule has 0 fully saturated rings. The standard InChI is InChI=1S/C17H18F3N7O/c1-10(9-27(3)4)28-16-13(6-21)23-8-15(26-16)25-14-5-12(22-2)11(7-24-14)17(18,19)20/h5,7-8H,1,9H2,2-4H3,(H2,22,24,25,26). The fraction of sp³-hybridized carbons (Fsp3) is 0.294. The molecule has 0 aliphatic carbocycles. The van der Waals surface area contributed by atoms with Gasteiger partial charge in [0.1, 0.15) is 17.6 Å². The zero-order valence-corrected chi connectivity index (χ0v) is 15.4. The van der Waals surface area contributed by atoms with Gasteiger partial charge in [0.25, 0.3) is 5.88 Å². The molecule has 11 heteroatoms. The van der Waals surface area contributed by atoms with E-state index in [0.717, 1.165) is 0 Å². The summed E-state index contributed by atoms with van der Waals surface area (Å²) in [6.45, 7) is 4.14. The normalized spacial score (nSPS) is 11.1. The number of nitrogens with zero attached hydrogens (tertiary/aromatic N) is 5. The highest BCUT2D eigenvalue weighted by atomic mass is 19.4. The molecule has 0 amide bonds. The van der Waals surface area contributed by atoms with E-state index >= 15 is 0 Å². The number of nitrogens with one attached hydrogen (secondary N) is 2. The maximum Gasteiger partial charge on any atom is 0.419 e. The number of ether oxygens (including phenoxy) is 1. The van der Waals surface area contributed by atoms with Crippen LogP contribution in [-0.2, 0) is 6.18 Å². The summed E-state index contributed by atoms with van der Waals surface area (Å²) >= 11 is 0. The van der Waals surface area contributed by atoms with Crippen LogP contribution in [0.5, 0.6) is 5.88 Å². The Hall–Kier alpha value is -3.39. The zero-order chi connectivity index (χ0) is 20.9. The van der Waals surface area contributed by atoms with Gasteiger partial charge in [-0.3, -0.25) is 0 Å². The fourth-order valence-corrected chi connectivity index (χ4v) is 2.19. The lowest BCUT2D eigenvalue weighted by molar-refractivity contribution is -0.137. The third-order valence-corrected chi connectivity index (χ3v) is 3.31. The number of anilines is 3. The number of halogens is 3. The monoisotopic (exact) mass is 393 g/mol. The van der Waals surface area contributed by atoms with Gasteiger partial charge in [-0.05, 0) is 14.1 Å². The van der Waals surface area contributed by atoms with Crippen LogP contribution in [-0.4, -0.2) is 47.5 Å². The third kappa shape index (κ3) is 5.31. The fourth-order valence-electron chi connectivity index (χ4n) is 2.19. The van der Waals surface area contributed by atoms with E-state index < -0.39 is 11.7 Å². The summed E-state index contributed by atoms with van der Waals surface area (Å²) in [5.74, 6) is 0.522. The second-order valence-electron chi connectivity index (χ2n) is 5.89. The second-order valence-corrected chi connectivity index (χ2v) is 5.89. The van der Waals surface area contributed by atoms with Gasteiger partial charge in [0.15, 0.2) is 5.82 Å². The van der Waals surface area contributed by atoms with Gasteiger partial charge in [0, 0.05) is 19.3 Å². The molecule has 2 N–H and O–H groups in total. The van der Waals surface area contributed by atoms with Gasteiger partial charge in [-0.25, -0.2) is 9.97 Å². The predicted molar refractivity (Wildman–Crippen MR) is 97.1 cm³/mol. The molecule has 2 aromatic heterocycles. The summed E-state index contributed by atoms with van der Waals surface area (Å²) in [7, 11) is 5.01. The highest BCUT2D eigenvalue weighted by Crippen LogP contribution is 2.35. The Morgan fingerprint density at radius 2 is 2.00 bits per heavy atom. The summed E-state index contributed by atoms with van der Waals surface area (Å²) in [6.07, 6.45) is -2.58. The Bertz CT molecular complexity index is 907. The first-order valence-electron chi connectivity index (χ1n) is 7.93. The van der Waals surface area contributed by atoms with E-state index in [1.165, 1.54) is 19.3 Å². The summed E-state index contributed by atoms with van der Waals surface area (Å²) in [5, 5.41) is 14.4. The molecule has 2 aromatic rings. The molecule has 2 heterocycles. The van der Waals surface area contributed by atoms with E-state index in [9.17, 15) is 13.2 Å². The SMILES string of the molecule is C=C(CN(C)C)Oc1nc(Nc2cc(NC)c(C(F)(F)F)cn2)cnc1C#N. The van der Waals surface area contributed by atoms with Crippen LogP contribution in [0, 0.1) is 11.3 Å². The van der Waals surface area contributed by atoms with E-state index in [-0.39, 0.29) is 28.9 Å². The number of hydrogen-bond acceptors (Lipinski definition) is 8. The van der Waals surface area contributed by atoms with Crippen molar-refractivity contribution in [3.63, 3.8) is 0 Å². The van der Waals surface area contributed by atoms with Gasteiger partial charge in [-0.2, -0.15) is 23.4 Å². The Kier molecular flexibility index (Phi) is 6.37. The highest BCUT2D eigenvalue weighted by molar-refractivity contribution is 5.62. The topological polar surface area (TPSA) is 99.0 Å². The number of hydrogen-bond donors (Lipinski definition) is 2. The maximum absolute atomic E-state index is 13.0. The van der Waals surface area contributed by atoms with Crippen molar-refractivity contribution in [2.75, 3.05) is 38.3 Å². The van der Waals surface area contributed by atoms with Gasteiger partial charge in [-0.15, -0.1) is 0 Å². The molecule has 0 aromatic carbocycles. The number of pyridine rings is 1. The molecule has 28 heavy (non-hydrogen) atoms. The van der Waals surface area contributed by atoms with Crippen molar-refractivity contribution in [1.82, 2.24) is 19.9 Å². The summed E-state index contributed by atoms with van der Waals surface area (Å²) in [6, 6.07) is 3.04. The summed E-state index contributed by atoms with van der Waals surface area (Å²) < 4.78 is 44.4. The van der Waals surface area contributed by atoms with Gasteiger partial charge >= 0.3 is 6.18 Å². The molecule has 0 aliphatic rings. The number of alkyl halides is 3. The molecular weight excluding hydrogens is 375 g/mol. The first-order chi connectivity index (χ1) is 13.1. The van der Waals surface area contributed by atoms with E-state index in [0.29, 0.717) is 18.5 Å². The van der Waals surface area contributed by atoms with Gasteiger partial charge in [0.2, 0.25) is 5.69 Å². The Morgan fingerprint density at radius 3 is 2.57 bits per heavy atom. The lowest BCUT2D eigenvalue weighted by Crippen LogP contribution is -2.18. The smallest absolute Gasteiger partial charge is 0.419 e. The van der Waals surface area contributed by atoms with Crippen molar-refractivity contribution in [3.8, 4) is 11.9 Å². The number of rotatable bonds is 7. The summed E-state index contributed by atoms with van der Waals surface area (Å²) in [5.41, 5.74) is -1.10. The minimum Gasteiger partial charge on any atom is -0.440 e. The molecule has 0 unspecified atom stereocenters. The number of aromatic nitrogens is 3. The lowest BCUT2D eigenvalue weighted by Gasteiger charge is -2.15. The molecule has 2 rings (SSSR count). The molecule has 0 bridgehead atoms. The quantitative estimate of drug-likeness (QED) is 0.693. The molecule has 0 radical (unpaired) electrons. The molecule has 8 nitrogen and oxygen atoms in total. The van der Waals surface area contributed by atoms with Crippen LogP contribution in [0.1, 0.15) is 11.3 Å². The Morgan fingerprint density at radius 1 is 1.29 bits per heavy atom. The van der Waals surface area contributed by atoms with Crippen LogP contribution in [0.25, 0.3) is 0 Å². The average Bonchev–Trinajstić information content (AvgIpc) is 2.60. The van der Waals surface area contributed by atoms with Gasteiger partial charge < -0.3 is 20.3 Å². The average molecular weight is 393 g/mol. The van der Waals surface area contributed by atoms with Crippen LogP contribution < -0.4 is 15.4 Å². The van der Waals surface area contributed by atoms with Crippen molar-refractivity contribution in [3.05, 3.63) is 42.1 Å². The summed E-state index contributed by atoms with van der Waals surface area (Å²) in [4.78, 5) is 13.6. The van der Waals surface area contributed by atoms with Crippen LogP contribution in [0.3, 0.4) is 0 Å². The van der Waals surface area contributed by atoms with Gasteiger partial charge in [0.05, 0.1) is 24.0 Å². The van der Waals surface area contributed by atoms with Crippen molar-refractivity contribution in [2.24, 2.45) is 0 Å². The lowest BCUT2D eigenvalue weighted by atomic mass is 10.2. The zero-order valence-electron chi connectivity index (χ0n) is 15.4. The highest BCUT2D eigenvalue weighted by Gasteiger charge is 2.34. The molecule has 0 spiro atoms. The Balaban J connectivity index is 2.28. The van der Waals surface area contributed by atoms with E-state index in [1.807, 2.05) is 25.1 Å². The molecule has 0 atom stereocenters. The van der Waals surface area contributed by atoms with Crippen LogP contribution in [0.15, 0.2) is 30.8 Å². The van der Waals surface area contributed by atoms with Crippen molar-refractivity contribution in [1.29, 1.82) is 5.26 Å². The second kappa shape index (κ2) is 8.53. The van der Waals surface area contributed by atoms with Crippen LogP contribution in [0.4, 0.5) is 30.5 Å². The van der Waals surface area contributed by atoms with Crippen molar-refractivity contribution in [2.45, 2.75) is 6.18 Å². The van der Waals surface area contributed by atoms with Crippen LogP contribution >= 0.6 is 0 Å². The first-order valence-corrected chi connectivity index (χ1v) is 7.93. The van der Waals surface area contributed by atoms with Gasteiger partial charge in [-0.1, -0.05) is 6.58 Å². The minimum absolute atomic E-state index is 0.0539. The van der Waals surface area contributed by atoms with Crippen LogP contribution in [0.2, 0.25) is 0 Å². The number of nitriles is 1. The van der Waals surface area contributed by atoms with E-state index in [1.54, 1.807) is 0 Å². The molecular formula is C17H18F3N7O. The Labute approximate surface area is 159 Å². The predicted octanol–water partition coefficient (Wildman–Crippen LogP) is 3.00. The molecule has 0 saturated heterocycles. The largest absolute Gasteiger partial charge is 0.440 e. The van der Waals surface area contributed by atoms with Crippen molar-refractivity contribution >= 4 is 17.3 Å². The van der Waals surface area contributed by atoms with E-state index in [4.69, 9.17) is 10.00 Å². The minimum atomic E-state index is -4.54. The molecule has 0 saturated carbocycles. The maximum atomic E-state index is 13.0. The molecule has 0 aliphatic heterocycles. The van der Waals surface area contributed by atoms with E-state index in [2.05, 4.69) is 32.2 Å². The van der Waals surface area contributed by atoms with Crippen molar-refractivity contribution < 1.29 is 17.9 Å². The number of likely N-dealkylation sites (N-methyl/N-ethyl adjacent to an activating group) is 1. The first kappa shape index (κ1) is 20.9. The molecule has 148 valence electrons.